The van der Waals surface area contributed by atoms with E-state index in [1.165, 1.54) is 0 Å². The molecule has 1 aromatic carbocycles. The van der Waals surface area contributed by atoms with Gasteiger partial charge in [0.2, 0.25) is 0 Å². The van der Waals surface area contributed by atoms with Gasteiger partial charge in [-0.25, -0.2) is 0 Å². The van der Waals surface area contributed by atoms with E-state index >= 15 is 0 Å². The fourth-order valence-electron chi connectivity index (χ4n) is 1.83. The molecule has 0 aliphatic rings. The number of hydrogen-bond donors (Lipinski definition) is 0. The summed E-state index contributed by atoms with van der Waals surface area (Å²) in [5.74, 6) is 0.771. The molecule has 0 N–H and O–H groups in total. The van der Waals surface area contributed by atoms with Gasteiger partial charge in [-0.2, -0.15) is 0 Å². The smallest absolute Gasteiger partial charge is 0.159 e. The van der Waals surface area contributed by atoms with Crippen LogP contribution in [-0.4, -0.2) is 17.9 Å². The van der Waals surface area contributed by atoms with Gasteiger partial charge in [0.1, 0.15) is 5.75 Å². The number of Topliss-reactive ketones (excluding diaryl/α,β-unsaturated/α-hetero) is 1. The number of benzene rings is 1. The van der Waals surface area contributed by atoms with Gasteiger partial charge in [0.15, 0.2) is 5.78 Å². The Balaban J connectivity index is 2.54. The van der Waals surface area contributed by atoms with E-state index in [1.54, 1.807) is 26.4 Å². The summed E-state index contributed by atoms with van der Waals surface area (Å²) in [7, 11) is 1.61. The predicted octanol–water partition coefficient (Wildman–Crippen LogP) is 3.27. The number of rotatable bonds is 3. The predicted molar refractivity (Wildman–Crippen MR) is 71.0 cm³/mol. The summed E-state index contributed by atoms with van der Waals surface area (Å²) in [5.41, 5.74) is 3.78. The molecule has 0 amide bonds. The first-order chi connectivity index (χ1) is 8.61. The SMILES string of the molecule is COc1cncc(-c2cc(C(C)=O)ccc2C)c1. The molecule has 0 bridgehead atoms. The van der Waals surface area contributed by atoms with Crippen molar-refractivity contribution in [3.05, 3.63) is 47.8 Å². The fourth-order valence-corrected chi connectivity index (χ4v) is 1.83. The van der Waals surface area contributed by atoms with Crippen LogP contribution in [-0.2, 0) is 0 Å². The molecule has 0 aliphatic heterocycles. The van der Waals surface area contributed by atoms with E-state index in [1.807, 2.05) is 31.2 Å². The van der Waals surface area contributed by atoms with Crippen molar-refractivity contribution in [3.63, 3.8) is 0 Å². The van der Waals surface area contributed by atoms with Crippen molar-refractivity contribution >= 4 is 5.78 Å². The largest absolute Gasteiger partial charge is 0.495 e. The van der Waals surface area contributed by atoms with Gasteiger partial charge in [0.25, 0.3) is 0 Å². The minimum Gasteiger partial charge on any atom is -0.495 e. The summed E-state index contributed by atoms with van der Waals surface area (Å²) in [6.45, 7) is 3.58. The molecule has 1 heterocycles. The Labute approximate surface area is 106 Å². The molecule has 0 saturated heterocycles. The Kier molecular flexibility index (Phi) is 3.42. The lowest BCUT2D eigenvalue weighted by Gasteiger charge is -2.08. The normalized spacial score (nSPS) is 10.2. The van der Waals surface area contributed by atoms with Crippen molar-refractivity contribution in [3.8, 4) is 16.9 Å². The number of carbonyl (C=O) groups is 1. The number of hydrogen-bond acceptors (Lipinski definition) is 3. The van der Waals surface area contributed by atoms with Crippen molar-refractivity contribution in [2.24, 2.45) is 0 Å². The van der Waals surface area contributed by atoms with Crippen LogP contribution in [0.25, 0.3) is 11.1 Å². The van der Waals surface area contributed by atoms with Crippen LogP contribution in [0.2, 0.25) is 0 Å². The Hall–Kier alpha value is -2.16. The zero-order valence-corrected chi connectivity index (χ0v) is 10.7. The van der Waals surface area contributed by atoms with Crippen LogP contribution in [0.1, 0.15) is 22.8 Å². The molecular weight excluding hydrogens is 226 g/mol. The minimum absolute atomic E-state index is 0.0621. The second-order valence-corrected chi connectivity index (χ2v) is 4.20. The third-order valence-electron chi connectivity index (χ3n) is 2.90. The molecule has 3 heteroatoms. The number of nitrogens with zero attached hydrogens (tertiary/aromatic N) is 1. The zero-order valence-electron chi connectivity index (χ0n) is 10.7. The van der Waals surface area contributed by atoms with Crippen molar-refractivity contribution in [2.75, 3.05) is 7.11 Å². The van der Waals surface area contributed by atoms with E-state index < -0.39 is 0 Å². The Morgan fingerprint density at radius 3 is 2.67 bits per heavy atom. The molecule has 0 fully saturated rings. The first kappa shape index (κ1) is 12.3. The maximum Gasteiger partial charge on any atom is 0.159 e. The number of ether oxygens (including phenoxy) is 1. The summed E-state index contributed by atoms with van der Waals surface area (Å²) in [6.07, 6.45) is 3.43. The molecule has 18 heavy (non-hydrogen) atoms. The Bertz CT molecular complexity index is 591. The molecule has 0 aliphatic carbocycles. The average molecular weight is 241 g/mol. The second kappa shape index (κ2) is 5.00. The molecule has 0 unspecified atom stereocenters. The summed E-state index contributed by atoms with van der Waals surface area (Å²) >= 11 is 0. The third-order valence-corrected chi connectivity index (χ3v) is 2.90. The molecule has 0 saturated carbocycles. The van der Waals surface area contributed by atoms with Crippen LogP contribution in [0.5, 0.6) is 5.75 Å². The molecular formula is C15H15NO2. The number of methoxy groups -OCH3 is 1. The summed E-state index contributed by atoms with van der Waals surface area (Å²) in [4.78, 5) is 15.6. The molecule has 3 nitrogen and oxygen atoms in total. The number of carbonyl (C=O) groups excluding carboxylic acids is 1. The number of pyridine rings is 1. The number of ketones is 1. The van der Waals surface area contributed by atoms with Crippen LogP contribution >= 0.6 is 0 Å². The lowest BCUT2D eigenvalue weighted by molar-refractivity contribution is 0.101. The Morgan fingerprint density at radius 1 is 1.22 bits per heavy atom. The molecule has 0 spiro atoms. The van der Waals surface area contributed by atoms with Gasteiger partial charge in [-0.1, -0.05) is 12.1 Å². The molecule has 2 aromatic rings. The van der Waals surface area contributed by atoms with Crippen LogP contribution in [0.4, 0.5) is 0 Å². The monoisotopic (exact) mass is 241 g/mol. The second-order valence-electron chi connectivity index (χ2n) is 4.20. The standard InChI is InChI=1S/C15H15NO2/c1-10-4-5-12(11(2)17)7-15(10)13-6-14(18-3)9-16-8-13/h4-9H,1-3H3. The van der Waals surface area contributed by atoms with E-state index in [-0.39, 0.29) is 5.78 Å². The topological polar surface area (TPSA) is 39.2 Å². The minimum atomic E-state index is 0.0621. The number of aryl methyl sites for hydroxylation is 1. The van der Waals surface area contributed by atoms with Gasteiger partial charge < -0.3 is 4.74 Å². The maximum atomic E-state index is 11.4. The van der Waals surface area contributed by atoms with E-state index in [0.29, 0.717) is 11.3 Å². The third kappa shape index (κ3) is 2.40. The molecule has 0 atom stereocenters. The molecule has 2 rings (SSSR count). The highest BCUT2D eigenvalue weighted by atomic mass is 16.5. The van der Waals surface area contributed by atoms with Gasteiger partial charge in [0, 0.05) is 17.3 Å². The maximum absolute atomic E-state index is 11.4. The van der Waals surface area contributed by atoms with E-state index in [4.69, 9.17) is 4.74 Å². The van der Waals surface area contributed by atoms with E-state index in [2.05, 4.69) is 4.98 Å². The van der Waals surface area contributed by atoms with Gasteiger partial charge in [-0.15, -0.1) is 0 Å². The molecule has 92 valence electrons. The lowest BCUT2D eigenvalue weighted by Crippen LogP contribution is -1.94. The van der Waals surface area contributed by atoms with Crippen LogP contribution in [0.15, 0.2) is 36.7 Å². The van der Waals surface area contributed by atoms with Crippen molar-refractivity contribution < 1.29 is 9.53 Å². The fraction of sp³-hybridized carbons (Fsp3) is 0.200. The van der Waals surface area contributed by atoms with Crippen molar-refractivity contribution in [2.45, 2.75) is 13.8 Å². The summed E-state index contributed by atoms with van der Waals surface area (Å²) in [5, 5.41) is 0. The van der Waals surface area contributed by atoms with Crippen LogP contribution in [0, 0.1) is 6.92 Å². The van der Waals surface area contributed by atoms with Crippen LogP contribution < -0.4 is 4.74 Å². The molecule has 0 radical (unpaired) electrons. The lowest BCUT2D eigenvalue weighted by atomic mass is 9.98. The van der Waals surface area contributed by atoms with Crippen molar-refractivity contribution in [1.82, 2.24) is 4.98 Å². The first-order valence-electron chi connectivity index (χ1n) is 5.73. The highest BCUT2D eigenvalue weighted by molar-refractivity contribution is 5.95. The van der Waals surface area contributed by atoms with Gasteiger partial charge in [-0.3, -0.25) is 9.78 Å². The van der Waals surface area contributed by atoms with Gasteiger partial charge >= 0.3 is 0 Å². The first-order valence-corrected chi connectivity index (χ1v) is 5.73. The van der Waals surface area contributed by atoms with E-state index in [9.17, 15) is 4.79 Å². The average Bonchev–Trinajstić information content (AvgIpc) is 2.39. The Morgan fingerprint density at radius 2 is 2.00 bits per heavy atom. The highest BCUT2D eigenvalue weighted by Gasteiger charge is 2.07. The van der Waals surface area contributed by atoms with Gasteiger partial charge in [0.05, 0.1) is 13.3 Å². The highest BCUT2D eigenvalue weighted by Crippen LogP contribution is 2.26. The zero-order chi connectivity index (χ0) is 13.1. The van der Waals surface area contributed by atoms with Crippen molar-refractivity contribution in [1.29, 1.82) is 0 Å². The molecule has 1 aromatic heterocycles. The quantitative estimate of drug-likeness (QED) is 0.774. The summed E-state index contributed by atoms with van der Waals surface area (Å²) in [6, 6.07) is 7.60. The van der Waals surface area contributed by atoms with Gasteiger partial charge in [-0.05, 0) is 37.1 Å². The summed E-state index contributed by atoms with van der Waals surface area (Å²) < 4.78 is 5.16. The van der Waals surface area contributed by atoms with E-state index in [0.717, 1.165) is 16.7 Å². The van der Waals surface area contributed by atoms with Crippen LogP contribution in [0.3, 0.4) is 0 Å². The number of aromatic nitrogens is 1.